The first-order chi connectivity index (χ1) is 11.4. The summed E-state index contributed by atoms with van der Waals surface area (Å²) in [6.45, 7) is 3.93. The molecule has 0 aromatic carbocycles. The van der Waals surface area contributed by atoms with Crippen molar-refractivity contribution in [3.63, 3.8) is 0 Å². The maximum atomic E-state index is 12.4. The summed E-state index contributed by atoms with van der Waals surface area (Å²) < 4.78 is 0. The first-order valence-corrected chi connectivity index (χ1v) is 8.90. The van der Waals surface area contributed by atoms with Gasteiger partial charge in [-0.15, -0.1) is 11.3 Å². The Hall–Kier alpha value is -2.15. The Morgan fingerprint density at radius 3 is 2.50 bits per heavy atom. The number of carboxylic acid groups (broad SMARTS) is 1. The van der Waals surface area contributed by atoms with E-state index in [1.165, 1.54) is 11.3 Å². The maximum Gasteiger partial charge on any atom is 0.307 e. The summed E-state index contributed by atoms with van der Waals surface area (Å²) in [5.74, 6) is -3.26. The van der Waals surface area contributed by atoms with Gasteiger partial charge in [-0.3, -0.25) is 25.2 Å². The van der Waals surface area contributed by atoms with Crippen LogP contribution in [0, 0.1) is 30.6 Å². The molecule has 0 unspecified atom stereocenters. The van der Waals surface area contributed by atoms with Gasteiger partial charge in [-0.1, -0.05) is 19.1 Å². The summed E-state index contributed by atoms with van der Waals surface area (Å²) in [7, 11) is 0. The molecule has 1 saturated carbocycles. The molecule has 128 valence electrons. The van der Waals surface area contributed by atoms with Gasteiger partial charge in [0, 0.05) is 10.3 Å². The van der Waals surface area contributed by atoms with Gasteiger partial charge in [-0.25, -0.2) is 0 Å². The first-order valence-electron chi connectivity index (χ1n) is 8.02. The van der Waals surface area contributed by atoms with Gasteiger partial charge in [-0.2, -0.15) is 0 Å². The molecular formula is C17H20N2O4S. The fourth-order valence-corrected chi connectivity index (χ4v) is 4.84. The van der Waals surface area contributed by atoms with Crippen LogP contribution in [0.15, 0.2) is 17.5 Å². The number of carbonyl (C=O) groups excluding carboxylic acids is 2. The Bertz CT molecular complexity index is 724. The molecule has 2 bridgehead atoms. The number of nitrogens with one attached hydrogen (secondary N) is 2. The lowest BCUT2D eigenvalue weighted by Gasteiger charge is -2.23. The van der Waals surface area contributed by atoms with Gasteiger partial charge in [0.2, 0.25) is 5.91 Å². The zero-order chi connectivity index (χ0) is 17.4. The van der Waals surface area contributed by atoms with Crippen molar-refractivity contribution in [1.29, 1.82) is 0 Å². The topological polar surface area (TPSA) is 95.5 Å². The van der Waals surface area contributed by atoms with Crippen LogP contribution in [0.5, 0.6) is 0 Å². The highest BCUT2D eigenvalue weighted by Gasteiger charge is 2.51. The van der Waals surface area contributed by atoms with Crippen LogP contribution in [0.3, 0.4) is 0 Å². The molecule has 1 heterocycles. The number of amides is 2. The molecular weight excluding hydrogens is 328 g/mol. The fourth-order valence-electron chi connectivity index (χ4n) is 3.89. The van der Waals surface area contributed by atoms with Crippen molar-refractivity contribution in [2.45, 2.75) is 26.7 Å². The van der Waals surface area contributed by atoms with Crippen molar-refractivity contribution in [2.75, 3.05) is 0 Å². The second-order valence-corrected chi connectivity index (χ2v) is 7.40. The van der Waals surface area contributed by atoms with Crippen LogP contribution in [0.4, 0.5) is 0 Å². The van der Waals surface area contributed by atoms with E-state index in [1.807, 2.05) is 26.0 Å². The van der Waals surface area contributed by atoms with E-state index in [4.69, 9.17) is 0 Å². The largest absolute Gasteiger partial charge is 0.481 e. The lowest BCUT2D eigenvalue weighted by Crippen LogP contribution is -2.48. The third-order valence-corrected chi connectivity index (χ3v) is 6.00. The van der Waals surface area contributed by atoms with Crippen LogP contribution >= 0.6 is 11.3 Å². The van der Waals surface area contributed by atoms with Crippen LogP contribution in [-0.2, 0) is 16.0 Å². The Morgan fingerprint density at radius 2 is 1.88 bits per heavy atom. The third-order valence-electron chi connectivity index (χ3n) is 5.05. The van der Waals surface area contributed by atoms with Crippen molar-refractivity contribution >= 4 is 29.1 Å². The number of hydrazine groups is 1. The van der Waals surface area contributed by atoms with Crippen molar-refractivity contribution in [2.24, 2.45) is 23.7 Å². The molecule has 0 aliphatic heterocycles. The normalized spacial score (nSPS) is 27.2. The number of carbonyl (C=O) groups is 3. The molecule has 24 heavy (non-hydrogen) atoms. The zero-order valence-corrected chi connectivity index (χ0v) is 14.4. The molecule has 1 aromatic rings. The first kappa shape index (κ1) is 16.7. The van der Waals surface area contributed by atoms with Crippen LogP contribution in [0.1, 0.15) is 34.1 Å². The summed E-state index contributed by atoms with van der Waals surface area (Å²) in [6.07, 6.45) is 5.22. The molecule has 7 heteroatoms. The van der Waals surface area contributed by atoms with E-state index in [0.29, 0.717) is 12.0 Å². The summed E-state index contributed by atoms with van der Waals surface area (Å²) in [6, 6.07) is 0. The van der Waals surface area contributed by atoms with Crippen LogP contribution < -0.4 is 10.9 Å². The number of fused-ring (bicyclic) bond motifs is 2. The van der Waals surface area contributed by atoms with Crippen LogP contribution in [0.25, 0.3) is 0 Å². The number of hydrogen-bond acceptors (Lipinski definition) is 4. The second kappa shape index (κ2) is 6.39. The highest BCUT2D eigenvalue weighted by molar-refractivity contribution is 7.10. The number of allylic oxidation sites excluding steroid dienone is 2. The van der Waals surface area contributed by atoms with Crippen molar-refractivity contribution in [1.82, 2.24) is 10.9 Å². The molecule has 1 fully saturated rings. The van der Waals surface area contributed by atoms with E-state index >= 15 is 0 Å². The lowest BCUT2D eigenvalue weighted by molar-refractivity contribution is -0.148. The van der Waals surface area contributed by atoms with Gasteiger partial charge in [-0.05, 0) is 37.2 Å². The Morgan fingerprint density at radius 1 is 1.21 bits per heavy atom. The number of rotatable bonds is 4. The molecule has 2 aliphatic rings. The second-order valence-electron chi connectivity index (χ2n) is 6.32. The predicted molar refractivity (Wildman–Crippen MR) is 89.4 cm³/mol. The quantitative estimate of drug-likeness (QED) is 0.572. The van der Waals surface area contributed by atoms with Crippen LogP contribution in [0.2, 0.25) is 0 Å². The molecule has 3 rings (SSSR count). The Labute approximate surface area is 143 Å². The van der Waals surface area contributed by atoms with Gasteiger partial charge >= 0.3 is 5.97 Å². The highest BCUT2D eigenvalue weighted by Crippen LogP contribution is 2.48. The van der Waals surface area contributed by atoms with Crippen molar-refractivity contribution < 1.29 is 19.5 Å². The lowest BCUT2D eigenvalue weighted by atomic mass is 9.82. The summed E-state index contributed by atoms with van der Waals surface area (Å²) in [5.41, 5.74) is 6.38. The molecule has 3 N–H and O–H groups in total. The minimum atomic E-state index is -0.958. The van der Waals surface area contributed by atoms with E-state index in [0.717, 1.165) is 16.9 Å². The summed E-state index contributed by atoms with van der Waals surface area (Å²) in [4.78, 5) is 37.2. The van der Waals surface area contributed by atoms with Gasteiger partial charge < -0.3 is 5.11 Å². The molecule has 0 saturated heterocycles. The predicted octanol–water partition coefficient (Wildman–Crippen LogP) is 1.90. The molecule has 0 spiro atoms. The Balaban J connectivity index is 1.66. The SMILES string of the molecule is CCc1c(C(=O)NNC(=O)[C@H]2[C@@H](C(=O)O)[C@H]3C=C[C@H]2C3)csc1C. The minimum absolute atomic E-state index is 0.0670. The summed E-state index contributed by atoms with van der Waals surface area (Å²) in [5, 5.41) is 11.2. The van der Waals surface area contributed by atoms with Crippen molar-refractivity contribution in [3.8, 4) is 0 Å². The standard InChI is InChI=1S/C17H20N2O4S/c1-3-11-8(2)24-7-12(11)15(20)18-19-16(21)13-9-4-5-10(6-9)14(13)17(22)23/h4-5,7,9-10,13-14H,3,6H2,1-2H3,(H,18,20)(H,19,21)(H,22,23)/t9-,10-,13+,14-/m0/s1. The van der Waals surface area contributed by atoms with E-state index in [-0.39, 0.29) is 17.7 Å². The fraction of sp³-hybridized carbons (Fsp3) is 0.471. The number of hydrogen-bond donors (Lipinski definition) is 3. The van der Waals surface area contributed by atoms with E-state index in [9.17, 15) is 19.5 Å². The highest BCUT2D eigenvalue weighted by atomic mass is 32.1. The van der Waals surface area contributed by atoms with Gasteiger partial charge in [0.05, 0.1) is 17.4 Å². The van der Waals surface area contributed by atoms with Crippen LogP contribution in [-0.4, -0.2) is 22.9 Å². The van der Waals surface area contributed by atoms with E-state index in [2.05, 4.69) is 10.9 Å². The average Bonchev–Trinajstić information content (AvgIpc) is 3.25. The van der Waals surface area contributed by atoms with Crippen molar-refractivity contribution in [3.05, 3.63) is 33.5 Å². The molecule has 0 radical (unpaired) electrons. The summed E-state index contributed by atoms with van der Waals surface area (Å²) >= 11 is 1.50. The molecule has 2 aliphatic carbocycles. The maximum absolute atomic E-state index is 12.4. The van der Waals surface area contributed by atoms with E-state index in [1.54, 1.807) is 5.38 Å². The average molecular weight is 348 g/mol. The van der Waals surface area contributed by atoms with Gasteiger partial charge in [0.15, 0.2) is 0 Å². The van der Waals surface area contributed by atoms with Gasteiger partial charge in [0.1, 0.15) is 0 Å². The third kappa shape index (κ3) is 2.73. The number of thiophene rings is 1. The van der Waals surface area contributed by atoms with Gasteiger partial charge in [0.25, 0.3) is 5.91 Å². The smallest absolute Gasteiger partial charge is 0.307 e. The molecule has 2 amide bonds. The number of aryl methyl sites for hydroxylation is 1. The Kier molecular flexibility index (Phi) is 4.45. The van der Waals surface area contributed by atoms with E-state index < -0.39 is 23.7 Å². The number of carboxylic acids is 1. The molecule has 4 atom stereocenters. The minimum Gasteiger partial charge on any atom is -0.481 e. The zero-order valence-electron chi connectivity index (χ0n) is 13.5. The monoisotopic (exact) mass is 348 g/mol. The molecule has 1 aromatic heterocycles. The number of aliphatic carboxylic acids is 1. The molecule has 6 nitrogen and oxygen atoms in total.